The first-order chi connectivity index (χ1) is 12.7. The van der Waals surface area contributed by atoms with E-state index in [1.807, 2.05) is 42.5 Å². The summed E-state index contributed by atoms with van der Waals surface area (Å²) in [4.78, 5) is 12.1. The molecule has 1 aliphatic rings. The lowest BCUT2D eigenvalue weighted by Gasteiger charge is -2.35. The maximum Gasteiger partial charge on any atom is 0.257 e. The minimum absolute atomic E-state index is 0.00775. The molecule has 1 saturated carbocycles. The van der Waals surface area contributed by atoms with E-state index in [9.17, 15) is 9.90 Å². The second-order valence-electron chi connectivity index (χ2n) is 7.17. The highest BCUT2D eigenvalue weighted by Crippen LogP contribution is 2.35. The molecule has 2 aromatic rings. The van der Waals surface area contributed by atoms with Crippen LogP contribution in [-0.4, -0.2) is 30.8 Å². The molecule has 0 atom stereocenters. The van der Waals surface area contributed by atoms with Crippen molar-refractivity contribution >= 4 is 5.91 Å². The molecular formula is C22H27NO3. The van der Waals surface area contributed by atoms with Gasteiger partial charge in [-0.1, -0.05) is 61.7 Å². The Kier molecular flexibility index (Phi) is 6.29. The maximum atomic E-state index is 12.1. The molecule has 2 N–H and O–H groups in total. The zero-order chi connectivity index (χ0) is 18.2. The van der Waals surface area contributed by atoms with E-state index in [2.05, 4.69) is 17.4 Å². The molecule has 1 aliphatic carbocycles. The molecular weight excluding hydrogens is 326 g/mol. The lowest BCUT2D eigenvalue weighted by molar-refractivity contribution is -0.123. The largest absolute Gasteiger partial charge is 0.484 e. The number of amides is 1. The van der Waals surface area contributed by atoms with Crippen LogP contribution >= 0.6 is 0 Å². The highest BCUT2D eigenvalue weighted by atomic mass is 16.5. The quantitative estimate of drug-likeness (QED) is 0.796. The summed E-state index contributed by atoms with van der Waals surface area (Å²) in [6, 6.07) is 17.9. The van der Waals surface area contributed by atoms with Gasteiger partial charge in [0, 0.05) is 12.0 Å². The van der Waals surface area contributed by atoms with E-state index < -0.39 is 0 Å². The number of ether oxygens (including phenoxy) is 1. The molecule has 4 heteroatoms. The first-order valence-electron chi connectivity index (χ1n) is 9.37. The fraction of sp³-hybridized carbons (Fsp3) is 0.409. The van der Waals surface area contributed by atoms with Crippen LogP contribution in [0.1, 0.15) is 32.1 Å². The number of benzene rings is 2. The Morgan fingerprint density at radius 1 is 0.962 bits per heavy atom. The van der Waals surface area contributed by atoms with Gasteiger partial charge in [0.1, 0.15) is 5.75 Å². The summed E-state index contributed by atoms with van der Waals surface area (Å²) in [6.07, 6.45) is 5.43. The number of nitrogens with one attached hydrogen (secondary N) is 1. The summed E-state index contributed by atoms with van der Waals surface area (Å²) in [5.41, 5.74) is 2.12. The maximum absolute atomic E-state index is 12.1. The van der Waals surface area contributed by atoms with Crippen LogP contribution in [0.4, 0.5) is 0 Å². The molecule has 1 amide bonds. The van der Waals surface area contributed by atoms with Gasteiger partial charge < -0.3 is 15.2 Å². The summed E-state index contributed by atoms with van der Waals surface area (Å²) in [5, 5.41) is 12.6. The SMILES string of the molecule is O=C(COc1ccc(-c2ccccc2)cc1)NCC1(CO)CCCCC1. The zero-order valence-electron chi connectivity index (χ0n) is 15.1. The second-order valence-corrected chi connectivity index (χ2v) is 7.17. The highest BCUT2D eigenvalue weighted by Gasteiger charge is 2.31. The Balaban J connectivity index is 1.47. The van der Waals surface area contributed by atoms with Crippen molar-refractivity contribution in [2.75, 3.05) is 19.8 Å². The fourth-order valence-corrected chi connectivity index (χ4v) is 3.55. The topological polar surface area (TPSA) is 58.6 Å². The van der Waals surface area contributed by atoms with Crippen LogP contribution in [0.3, 0.4) is 0 Å². The van der Waals surface area contributed by atoms with E-state index in [0.29, 0.717) is 12.3 Å². The average Bonchev–Trinajstić information content (AvgIpc) is 2.72. The molecule has 0 unspecified atom stereocenters. The van der Waals surface area contributed by atoms with Gasteiger partial charge in [0.25, 0.3) is 5.91 Å². The Morgan fingerprint density at radius 3 is 2.27 bits per heavy atom. The normalized spacial score (nSPS) is 16.0. The summed E-state index contributed by atoms with van der Waals surface area (Å²) >= 11 is 0. The molecule has 1 fully saturated rings. The Morgan fingerprint density at radius 2 is 1.62 bits per heavy atom. The lowest BCUT2D eigenvalue weighted by Crippen LogP contribution is -2.42. The minimum atomic E-state index is -0.148. The standard InChI is InChI=1S/C22H27NO3/c24-17-22(13-5-2-6-14-22)16-23-21(25)15-26-20-11-9-19(10-12-20)18-7-3-1-4-8-18/h1,3-4,7-12,24H,2,5-6,13-17H2,(H,23,25). The van der Waals surface area contributed by atoms with Crippen molar-refractivity contribution in [2.24, 2.45) is 5.41 Å². The van der Waals surface area contributed by atoms with Crippen LogP contribution in [0, 0.1) is 5.41 Å². The molecule has 0 aliphatic heterocycles. The van der Waals surface area contributed by atoms with Gasteiger partial charge in [0.05, 0.1) is 6.61 Å². The minimum Gasteiger partial charge on any atom is -0.484 e. The molecule has 4 nitrogen and oxygen atoms in total. The van der Waals surface area contributed by atoms with E-state index in [1.165, 1.54) is 6.42 Å². The second kappa shape index (κ2) is 8.86. The summed E-state index contributed by atoms with van der Waals surface area (Å²) < 4.78 is 5.59. The van der Waals surface area contributed by atoms with Crippen LogP contribution in [0.2, 0.25) is 0 Å². The molecule has 26 heavy (non-hydrogen) atoms. The van der Waals surface area contributed by atoms with Crippen molar-refractivity contribution in [1.82, 2.24) is 5.32 Å². The molecule has 0 radical (unpaired) electrons. The van der Waals surface area contributed by atoms with Crippen LogP contribution in [0.15, 0.2) is 54.6 Å². The van der Waals surface area contributed by atoms with Crippen LogP contribution < -0.4 is 10.1 Å². The first kappa shape index (κ1) is 18.5. The van der Waals surface area contributed by atoms with E-state index in [0.717, 1.165) is 36.8 Å². The van der Waals surface area contributed by atoms with E-state index >= 15 is 0 Å². The van der Waals surface area contributed by atoms with Crippen molar-refractivity contribution in [3.05, 3.63) is 54.6 Å². The predicted molar refractivity (Wildman–Crippen MR) is 103 cm³/mol. The lowest BCUT2D eigenvalue weighted by atomic mass is 9.74. The monoisotopic (exact) mass is 353 g/mol. The smallest absolute Gasteiger partial charge is 0.257 e. The van der Waals surface area contributed by atoms with Gasteiger partial charge in [-0.15, -0.1) is 0 Å². The summed E-state index contributed by atoms with van der Waals surface area (Å²) in [6.45, 7) is 0.653. The van der Waals surface area contributed by atoms with Crippen molar-refractivity contribution < 1.29 is 14.6 Å². The molecule has 0 heterocycles. The van der Waals surface area contributed by atoms with Crippen LogP contribution in [0.25, 0.3) is 11.1 Å². The van der Waals surface area contributed by atoms with Gasteiger partial charge in [-0.2, -0.15) is 0 Å². The van der Waals surface area contributed by atoms with Gasteiger partial charge in [0.2, 0.25) is 0 Å². The third-order valence-electron chi connectivity index (χ3n) is 5.24. The molecule has 138 valence electrons. The number of aliphatic hydroxyl groups excluding tert-OH is 1. The Hall–Kier alpha value is -2.33. The Bertz CT molecular complexity index is 691. The molecule has 0 saturated heterocycles. The van der Waals surface area contributed by atoms with Gasteiger partial charge >= 0.3 is 0 Å². The van der Waals surface area contributed by atoms with Crippen molar-refractivity contribution in [3.63, 3.8) is 0 Å². The van der Waals surface area contributed by atoms with Gasteiger partial charge in [0.15, 0.2) is 6.61 Å². The Labute approximate surface area is 155 Å². The van der Waals surface area contributed by atoms with Crippen molar-refractivity contribution in [1.29, 1.82) is 0 Å². The highest BCUT2D eigenvalue weighted by molar-refractivity contribution is 5.77. The summed E-state index contributed by atoms with van der Waals surface area (Å²) in [5.74, 6) is 0.532. The predicted octanol–water partition coefficient (Wildman–Crippen LogP) is 3.79. The summed E-state index contributed by atoms with van der Waals surface area (Å²) in [7, 11) is 0. The zero-order valence-corrected chi connectivity index (χ0v) is 15.1. The number of aliphatic hydroxyl groups is 1. The molecule has 2 aromatic carbocycles. The number of hydrogen-bond donors (Lipinski definition) is 2. The fourth-order valence-electron chi connectivity index (χ4n) is 3.55. The molecule has 0 aromatic heterocycles. The number of carbonyl (C=O) groups is 1. The van der Waals surface area contributed by atoms with E-state index in [1.54, 1.807) is 0 Å². The van der Waals surface area contributed by atoms with E-state index in [-0.39, 0.29) is 24.5 Å². The van der Waals surface area contributed by atoms with Crippen molar-refractivity contribution in [3.8, 4) is 16.9 Å². The van der Waals surface area contributed by atoms with Crippen molar-refractivity contribution in [2.45, 2.75) is 32.1 Å². The number of hydrogen-bond acceptors (Lipinski definition) is 3. The van der Waals surface area contributed by atoms with Crippen LogP contribution in [-0.2, 0) is 4.79 Å². The van der Waals surface area contributed by atoms with E-state index in [4.69, 9.17) is 4.74 Å². The number of rotatable bonds is 7. The first-order valence-corrected chi connectivity index (χ1v) is 9.37. The molecule has 0 bridgehead atoms. The van der Waals surface area contributed by atoms with Gasteiger partial charge in [-0.05, 0) is 36.1 Å². The number of carbonyl (C=O) groups excluding carboxylic acids is 1. The van der Waals surface area contributed by atoms with Gasteiger partial charge in [-0.25, -0.2) is 0 Å². The molecule has 0 spiro atoms. The third-order valence-corrected chi connectivity index (χ3v) is 5.24. The average molecular weight is 353 g/mol. The van der Waals surface area contributed by atoms with Crippen LogP contribution in [0.5, 0.6) is 5.75 Å². The third kappa shape index (κ3) is 4.85. The molecule has 3 rings (SSSR count). The van der Waals surface area contributed by atoms with Gasteiger partial charge in [-0.3, -0.25) is 4.79 Å².